The monoisotopic (exact) mass is 265 g/mol. The van der Waals surface area contributed by atoms with Crippen molar-refractivity contribution in [1.29, 1.82) is 0 Å². The molecule has 0 radical (unpaired) electrons. The lowest BCUT2D eigenvalue weighted by molar-refractivity contribution is 0.663. The normalized spacial score (nSPS) is 12.8. The lowest BCUT2D eigenvalue weighted by Gasteiger charge is -2.26. The zero-order valence-electron chi connectivity index (χ0n) is 11.1. The van der Waals surface area contributed by atoms with Crippen LogP contribution in [0.4, 0.5) is 5.82 Å². The van der Waals surface area contributed by atoms with Gasteiger partial charge in [-0.05, 0) is 24.9 Å². The standard InChI is InChI=1S/C12H19N5S/c1-4-18-6-5-9(2)17(3)12-10-7-15-16-11(10)13-8-14-12/h7-9H,4-6H2,1-3H3,(H,13,14,15,16). The van der Waals surface area contributed by atoms with Crippen molar-refractivity contribution >= 4 is 28.6 Å². The summed E-state index contributed by atoms with van der Waals surface area (Å²) in [5.74, 6) is 3.31. The van der Waals surface area contributed by atoms with Gasteiger partial charge in [-0.3, -0.25) is 5.10 Å². The first kappa shape index (κ1) is 13.1. The third-order valence-electron chi connectivity index (χ3n) is 3.11. The molecular weight excluding hydrogens is 246 g/mol. The van der Waals surface area contributed by atoms with Crippen molar-refractivity contribution in [1.82, 2.24) is 20.2 Å². The molecule has 0 spiro atoms. The fourth-order valence-electron chi connectivity index (χ4n) is 1.83. The summed E-state index contributed by atoms with van der Waals surface area (Å²) < 4.78 is 0. The Morgan fingerprint density at radius 2 is 2.28 bits per heavy atom. The highest BCUT2D eigenvalue weighted by Gasteiger charge is 2.15. The highest BCUT2D eigenvalue weighted by molar-refractivity contribution is 7.99. The molecule has 98 valence electrons. The number of fused-ring (bicyclic) bond motifs is 1. The summed E-state index contributed by atoms with van der Waals surface area (Å²) in [6.07, 6.45) is 4.52. The number of rotatable bonds is 6. The van der Waals surface area contributed by atoms with Gasteiger partial charge in [0.15, 0.2) is 5.65 Å². The number of thioether (sulfide) groups is 1. The van der Waals surface area contributed by atoms with E-state index in [0.717, 1.165) is 23.3 Å². The van der Waals surface area contributed by atoms with Gasteiger partial charge in [0.05, 0.1) is 11.6 Å². The van der Waals surface area contributed by atoms with Crippen LogP contribution in [0.1, 0.15) is 20.3 Å². The summed E-state index contributed by atoms with van der Waals surface area (Å²) in [7, 11) is 2.08. The highest BCUT2D eigenvalue weighted by atomic mass is 32.2. The van der Waals surface area contributed by atoms with Crippen molar-refractivity contribution in [2.24, 2.45) is 0 Å². The quantitative estimate of drug-likeness (QED) is 0.812. The predicted molar refractivity (Wildman–Crippen MR) is 77.2 cm³/mol. The second kappa shape index (κ2) is 6.04. The fourth-order valence-corrected chi connectivity index (χ4v) is 2.63. The first-order chi connectivity index (χ1) is 8.74. The van der Waals surface area contributed by atoms with Gasteiger partial charge in [0.1, 0.15) is 12.1 Å². The Morgan fingerprint density at radius 1 is 1.44 bits per heavy atom. The van der Waals surface area contributed by atoms with Crippen molar-refractivity contribution in [3.63, 3.8) is 0 Å². The van der Waals surface area contributed by atoms with Gasteiger partial charge < -0.3 is 4.90 Å². The first-order valence-corrected chi connectivity index (χ1v) is 7.34. The molecule has 0 amide bonds. The molecule has 0 saturated heterocycles. The first-order valence-electron chi connectivity index (χ1n) is 6.18. The van der Waals surface area contributed by atoms with E-state index in [9.17, 15) is 0 Å². The van der Waals surface area contributed by atoms with E-state index in [2.05, 4.69) is 46.0 Å². The number of nitrogens with one attached hydrogen (secondary N) is 1. The summed E-state index contributed by atoms with van der Waals surface area (Å²) in [6, 6.07) is 0.456. The molecule has 0 aliphatic heterocycles. The smallest absolute Gasteiger partial charge is 0.160 e. The molecule has 1 N–H and O–H groups in total. The van der Waals surface area contributed by atoms with Crippen molar-refractivity contribution in [3.8, 4) is 0 Å². The Bertz CT molecular complexity index is 498. The summed E-state index contributed by atoms with van der Waals surface area (Å²) in [6.45, 7) is 4.42. The van der Waals surface area contributed by atoms with Crippen LogP contribution in [0.3, 0.4) is 0 Å². The van der Waals surface area contributed by atoms with Gasteiger partial charge in [0, 0.05) is 13.1 Å². The van der Waals surface area contributed by atoms with E-state index < -0.39 is 0 Å². The number of aromatic amines is 1. The van der Waals surface area contributed by atoms with Crippen molar-refractivity contribution < 1.29 is 0 Å². The molecule has 2 rings (SSSR count). The van der Waals surface area contributed by atoms with Crippen molar-refractivity contribution in [2.45, 2.75) is 26.3 Å². The molecule has 0 bridgehead atoms. The van der Waals surface area contributed by atoms with Crippen LogP contribution in [-0.2, 0) is 0 Å². The molecule has 0 aliphatic carbocycles. The van der Waals surface area contributed by atoms with Gasteiger partial charge in [0.25, 0.3) is 0 Å². The number of hydrogen-bond donors (Lipinski definition) is 1. The molecular formula is C12H19N5S. The lowest BCUT2D eigenvalue weighted by atomic mass is 10.2. The van der Waals surface area contributed by atoms with E-state index in [1.54, 1.807) is 12.5 Å². The van der Waals surface area contributed by atoms with Gasteiger partial charge >= 0.3 is 0 Å². The fraction of sp³-hybridized carbons (Fsp3) is 0.583. The van der Waals surface area contributed by atoms with Crippen LogP contribution in [-0.4, -0.2) is 44.8 Å². The molecule has 0 aliphatic rings. The molecule has 0 saturated carbocycles. The van der Waals surface area contributed by atoms with Gasteiger partial charge in [-0.15, -0.1) is 0 Å². The summed E-state index contributed by atoms with van der Waals surface area (Å²) in [5.41, 5.74) is 0.794. The number of anilines is 1. The molecule has 1 unspecified atom stereocenters. The summed E-state index contributed by atoms with van der Waals surface area (Å²) in [5, 5.41) is 7.88. The SMILES string of the molecule is CCSCCC(C)N(C)c1ncnc2[nH]ncc12. The minimum Gasteiger partial charge on any atom is -0.356 e. The Labute approximate surface area is 111 Å². The van der Waals surface area contributed by atoms with Crippen LogP contribution in [0.2, 0.25) is 0 Å². The Morgan fingerprint density at radius 3 is 3.06 bits per heavy atom. The lowest BCUT2D eigenvalue weighted by Crippen LogP contribution is -2.30. The van der Waals surface area contributed by atoms with Crippen LogP contribution in [0.25, 0.3) is 11.0 Å². The Balaban J connectivity index is 2.12. The van der Waals surface area contributed by atoms with E-state index >= 15 is 0 Å². The van der Waals surface area contributed by atoms with Crippen molar-refractivity contribution in [2.75, 3.05) is 23.5 Å². The minimum atomic E-state index is 0.456. The Hall–Kier alpha value is -1.30. The van der Waals surface area contributed by atoms with Crippen LogP contribution in [0, 0.1) is 0 Å². The highest BCUT2D eigenvalue weighted by Crippen LogP contribution is 2.22. The average Bonchev–Trinajstić information content (AvgIpc) is 2.86. The molecule has 0 aromatic carbocycles. The molecule has 6 heteroatoms. The van der Waals surface area contributed by atoms with E-state index in [0.29, 0.717) is 6.04 Å². The van der Waals surface area contributed by atoms with E-state index in [-0.39, 0.29) is 0 Å². The van der Waals surface area contributed by atoms with Crippen LogP contribution in [0.15, 0.2) is 12.5 Å². The third kappa shape index (κ3) is 2.75. The molecule has 1 atom stereocenters. The van der Waals surface area contributed by atoms with Crippen molar-refractivity contribution in [3.05, 3.63) is 12.5 Å². The number of nitrogens with zero attached hydrogens (tertiary/aromatic N) is 4. The maximum absolute atomic E-state index is 4.38. The molecule has 2 heterocycles. The van der Waals surface area contributed by atoms with E-state index in [4.69, 9.17) is 0 Å². The number of aromatic nitrogens is 4. The maximum atomic E-state index is 4.38. The minimum absolute atomic E-state index is 0.456. The molecule has 2 aromatic rings. The van der Waals surface area contributed by atoms with E-state index in [1.165, 1.54) is 11.5 Å². The molecule has 2 aromatic heterocycles. The number of H-pyrrole nitrogens is 1. The zero-order valence-corrected chi connectivity index (χ0v) is 11.9. The Kier molecular flexibility index (Phi) is 4.41. The third-order valence-corrected chi connectivity index (χ3v) is 4.04. The maximum Gasteiger partial charge on any atom is 0.160 e. The molecule has 18 heavy (non-hydrogen) atoms. The van der Waals surface area contributed by atoms with Crippen LogP contribution in [0.5, 0.6) is 0 Å². The second-order valence-electron chi connectivity index (χ2n) is 4.28. The average molecular weight is 265 g/mol. The summed E-state index contributed by atoms with van der Waals surface area (Å²) >= 11 is 1.98. The topological polar surface area (TPSA) is 57.7 Å². The van der Waals surface area contributed by atoms with Gasteiger partial charge in [-0.1, -0.05) is 6.92 Å². The van der Waals surface area contributed by atoms with E-state index in [1.807, 2.05) is 11.8 Å². The number of hydrogen-bond acceptors (Lipinski definition) is 5. The second-order valence-corrected chi connectivity index (χ2v) is 5.67. The largest absolute Gasteiger partial charge is 0.356 e. The van der Waals surface area contributed by atoms with Crippen LogP contribution >= 0.6 is 11.8 Å². The molecule has 5 nitrogen and oxygen atoms in total. The van der Waals surface area contributed by atoms with Crippen LogP contribution < -0.4 is 4.90 Å². The molecule has 0 fully saturated rings. The summed E-state index contributed by atoms with van der Waals surface area (Å²) in [4.78, 5) is 10.7. The predicted octanol–water partition coefficient (Wildman–Crippen LogP) is 2.32. The van der Waals surface area contributed by atoms with Gasteiger partial charge in [0.2, 0.25) is 0 Å². The zero-order chi connectivity index (χ0) is 13.0. The van der Waals surface area contributed by atoms with Gasteiger partial charge in [-0.25, -0.2) is 9.97 Å². The van der Waals surface area contributed by atoms with Gasteiger partial charge in [-0.2, -0.15) is 16.9 Å².